The summed E-state index contributed by atoms with van der Waals surface area (Å²) in [5.41, 5.74) is 7.76. The summed E-state index contributed by atoms with van der Waals surface area (Å²) in [6.07, 6.45) is 4.39. The SMILES string of the molecule is CCCN(Cc1cccc(N)c1)c1cncc(OC)n1. The Morgan fingerprint density at radius 2 is 2.15 bits per heavy atom. The maximum Gasteiger partial charge on any atom is 0.233 e. The molecule has 1 heterocycles. The molecule has 5 nitrogen and oxygen atoms in total. The number of aromatic nitrogens is 2. The van der Waals surface area contributed by atoms with Crippen LogP contribution in [-0.2, 0) is 6.54 Å². The molecule has 0 amide bonds. The molecule has 0 fully saturated rings. The summed E-state index contributed by atoms with van der Waals surface area (Å²) in [7, 11) is 1.59. The quantitative estimate of drug-likeness (QED) is 0.818. The molecule has 0 spiro atoms. The number of anilines is 2. The topological polar surface area (TPSA) is 64.3 Å². The van der Waals surface area contributed by atoms with Crippen molar-refractivity contribution in [3.63, 3.8) is 0 Å². The zero-order valence-electron chi connectivity index (χ0n) is 11.9. The number of methoxy groups -OCH3 is 1. The summed E-state index contributed by atoms with van der Waals surface area (Å²) >= 11 is 0. The van der Waals surface area contributed by atoms with Crippen LogP contribution >= 0.6 is 0 Å². The van der Waals surface area contributed by atoms with Gasteiger partial charge in [0, 0.05) is 18.8 Å². The number of nitrogens with two attached hydrogens (primary N) is 1. The van der Waals surface area contributed by atoms with Crippen molar-refractivity contribution in [2.24, 2.45) is 0 Å². The minimum Gasteiger partial charge on any atom is -0.480 e. The van der Waals surface area contributed by atoms with E-state index in [1.807, 2.05) is 18.2 Å². The molecule has 2 N–H and O–H groups in total. The van der Waals surface area contributed by atoms with Crippen LogP contribution in [0.5, 0.6) is 5.88 Å². The van der Waals surface area contributed by atoms with E-state index >= 15 is 0 Å². The minimum atomic E-state index is 0.524. The highest BCUT2D eigenvalue weighted by atomic mass is 16.5. The molecule has 1 aromatic carbocycles. The van der Waals surface area contributed by atoms with Crippen LogP contribution in [0.25, 0.3) is 0 Å². The van der Waals surface area contributed by atoms with E-state index in [4.69, 9.17) is 10.5 Å². The normalized spacial score (nSPS) is 10.3. The first-order chi connectivity index (χ1) is 9.72. The van der Waals surface area contributed by atoms with Gasteiger partial charge in [-0.25, -0.2) is 0 Å². The molecule has 0 unspecified atom stereocenters. The predicted octanol–water partition coefficient (Wildman–Crippen LogP) is 2.48. The Balaban J connectivity index is 2.21. The molecule has 5 heteroatoms. The zero-order valence-corrected chi connectivity index (χ0v) is 11.9. The summed E-state index contributed by atoms with van der Waals surface area (Å²) in [6.45, 7) is 3.79. The van der Waals surface area contributed by atoms with Crippen molar-refractivity contribution in [1.29, 1.82) is 0 Å². The van der Waals surface area contributed by atoms with Crippen LogP contribution in [0, 0.1) is 0 Å². The molecule has 0 atom stereocenters. The standard InChI is InChI=1S/C15H20N4O/c1-3-7-19(11-12-5-4-6-13(16)8-12)14-9-17-10-15(18-14)20-2/h4-6,8-10H,3,7,11,16H2,1-2H3. The van der Waals surface area contributed by atoms with Crippen LogP contribution in [-0.4, -0.2) is 23.6 Å². The Hall–Kier alpha value is -2.30. The molecule has 106 valence electrons. The van der Waals surface area contributed by atoms with E-state index in [0.717, 1.165) is 36.6 Å². The first kappa shape index (κ1) is 14.1. The lowest BCUT2D eigenvalue weighted by atomic mass is 10.2. The summed E-state index contributed by atoms with van der Waals surface area (Å²) < 4.78 is 5.13. The number of benzene rings is 1. The third kappa shape index (κ3) is 3.60. The first-order valence-electron chi connectivity index (χ1n) is 6.68. The van der Waals surface area contributed by atoms with E-state index < -0.39 is 0 Å². The van der Waals surface area contributed by atoms with Crippen molar-refractivity contribution >= 4 is 11.5 Å². The Morgan fingerprint density at radius 1 is 1.30 bits per heavy atom. The number of ether oxygens (including phenoxy) is 1. The maximum atomic E-state index is 5.83. The van der Waals surface area contributed by atoms with Crippen molar-refractivity contribution in [2.75, 3.05) is 24.3 Å². The Kier molecular flexibility index (Phi) is 4.76. The summed E-state index contributed by atoms with van der Waals surface area (Å²) in [5.74, 6) is 1.34. The predicted molar refractivity (Wildman–Crippen MR) is 80.8 cm³/mol. The Labute approximate surface area is 119 Å². The molecule has 2 rings (SSSR count). The van der Waals surface area contributed by atoms with Gasteiger partial charge in [-0.3, -0.25) is 4.98 Å². The lowest BCUT2D eigenvalue weighted by molar-refractivity contribution is 0.395. The van der Waals surface area contributed by atoms with Gasteiger partial charge in [-0.05, 0) is 24.1 Å². The maximum absolute atomic E-state index is 5.83. The van der Waals surface area contributed by atoms with Gasteiger partial charge in [-0.15, -0.1) is 0 Å². The van der Waals surface area contributed by atoms with Crippen LogP contribution in [0.2, 0.25) is 0 Å². The fourth-order valence-electron chi connectivity index (χ4n) is 2.05. The fourth-order valence-corrected chi connectivity index (χ4v) is 2.05. The largest absolute Gasteiger partial charge is 0.480 e. The highest BCUT2D eigenvalue weighted by Gasteiger charge is 2.10. The van der Waals surface area contributed by atoms with Crippen LogP contribution in [0.3, 0.4) is 0 Å². The van der Waals surface area contributed by atoms with E-state index in [1.54, 1.807) is 19.5 Å². The summed E-state index contributed by atoms with van der Waals surface area (Å²) in [5, 5.41) is 0. The van der Waals surface area contributed by atoms with E-state index in [-0.39, 0.29) is 0 Å². The minimum absolute atomic E-state index is 0.524. The van der Waals surface area contributed by atoms with Gasteiger partial charge in [0.15, 0.2) is 5.82 Å². The second-order valence-electron chi connectivity index (χ2n) is 4.59. The van der Waals surface area contributed by atoms with Crippen LogP contribution in [0.15, 0.2) is 36.7 Å². The Morgan fingerprint density at radius 3 is 2.85 bits per heavy atom. The molecule has 2 aromatic rings. The van der Waals surface area contributed by atoms with Crippen LogP contribution in [0.4, 0.5) is 11.5 Å². The molecular weight excluding hydrogens is 252 g/mol. The van der Waals surface area contributed by atoms with E-state index in [2.05, 4.69) is 27.9 Å². The number of nitrogens with zero attached hydrogens (tertiary/aromatic N) is 3. The average Bonchev–Trinajstić information content (AvgIpc) is 2.47. The molecule has 20 heavy (non-hydrogen) atoms. The lowest BCUT2D eigenvalue weighted by Crippen LogP contribution is -2.24. The van der Waals surface area contributed by atoms with Crippen molar-refractivity contribution in [3.8, 4) is 5.88 Å². The second kappa shape index (κ2) is 6.75. The lowest BCUT2D eigenvalue weighted by Gasteiger charge is -2.23. The third-order valence-corrected chi connectivity index (χ3v) is 2.95. The van der Waals surface area contributed by atoms with Crippen LogP contribution in [0.1, 0.15) is 18.9 Å². The van der Waals surface area contributed by atoms with E-state index in [9.17, 15) is 0 Å². The van der Waals surface area contributed by atoms with Gasteiger partial charge < -0.3 is 15.4 Å². The molecule has 0 saturated carbocycles. The van der Waals surface area contributed by atoms with Gasteiger partial charge in [-0.2, -0.15) is 4.98 Å². The molecule has 0 aliphatic carbocycles. The number of hydrogen-bond acceptors (Lipinski definition) is 5. The molecule has 0 radical (unpaired) electrons. The molecular formula is C15H20N4O. The van der Waals surface area contributed by atoms with Crippen molar-refractivity contribution < 1.29 is 4.74 Å². The highest BCUT2D eigenvalue weighted by molar-refractivity contribution is 5.44. The third-order valence-electron chi connectivity index (χ3n) is 2.95. The molecule has 0 aliphatic rings. The summed E-state index contributed by atoms with van der Waals surface area (Å²) in [4.78, 5) is 10.8. The Bertz CT molecular complexity index is 559. The fraction of sp³-hybridized carbons (Fsp3) is 0.333. The van der Waals surface area contributed by atoms with Gasteiger partial charge >= 0.3 is 0 Å². The molecule has 0 aliphatic heterocycles. The van der Waals surface area contributed by atoms with Gasteiger partial charge in [0.1, 0.15) is 0 Å². The summed E-state index contributed by atoms with van der Waals surface area (Å²) in [6, 6.07) is 7.90. The van der Waals surface area contributed by atoms with E-state index in [0.29, 0.717) is 5.88 Å². The monoisotopic (exact) mass is 272 g/mol. The smallest absolute Gasteiger partial charge is 0.233 e. The zero-order chi connectivity index (χ0) is 14.4. The van der Waals surface area contributed by atoms with Crippen molar-refractivity contribution in [1.82, 2.24) is 9.97 Å². The molecule has 0 bridgehead atoms. The molecule has 1 aromatic heterocycles. The van der Waals surface area contributed by atoms with Gasteiger partial charge in [0.05, 0.1) is 19.5 Å². The second-order valence-corrected chi connectivity index (χ2v) is 4.59. The molecule has 0 saturated heterocycles. The van der Waals surface area contributed by atoms with Gasteiger partial charge in [0.2, 0.25) is 5.88 Å². The van der Waals surface area contributed by atoms with Gasteiger partial charge in [-0.1, -0.05) is 19.1 Å². The highest BCUT2D eigenvalue weighted by Crippen LogP contribution is 2.18. The average molecular weight is 272 g/mol. The number of hydrogen-bond donors (Lipinski definition) is 1. The van der Waals surface area contributed by atoms with Crippen molar-refractivity contribution in [2.45, 2.75) is 19.9 Å². The van der Waals surface area contributed by atoms with Gasteiger partial charge in [0.25, 0.3) is 0 Å². The first-order valence-corrected chi connectivity index (χ1v) is 6.68. The van der Waals surface area contributed by atoms with Crippen LogP contribution < -0.4 is 15.4 Å². The van der Waals surface area contributed by atoms with Crippen molar-refractivity contribution in [3.05, 3.63) is 42.2 Å². The number of rotatable bonds is 6. The number of nitrogen functional groups attached to an aromatic ring is 1. The van der Waals surface area contributed by atoms with E-state index in [1.165, 1.54) is 0 Å².